The van der Waals surface area contributed by atoms with E-state index in [-0.39, 0.29) is 0 Å². The van der Waals surface area contributed by atoms with Crippen molar-refractivity contribution >= 4 is 11.3 Å². The first-order valence-corrected chi connectivity index (χ1v) is 5.68. The molecule has 0 spiro atoms. The van der Waals surface area contributed by atoms with Crippen LogP contribution in [-0.2, 0) is 13.1 Å². The standard InChI is InChI=1S/C10H14N4S/c1-7-10(15-8(2)14-7)5-11-3-9-4-12-6-13-9/h4,6,11H,3,5H2,1-2H3,(H,12,13). The Bertz CT molecular complexity index is 419. The van der Waals surface area contributed by atoms with Crippen molar-refractivity contribution in [2.24, 2.45) is 0 Å². The maximum absolute atomic E-state index is 4.39. The third kappa shape index (κ3) is 2.64. The molecule has 4 nitrogen and oxygen atoms in total. The number of hydrogen-bond donors (Lipinski definition) is 2. The lowest BCUT2D eigenvalue weighted by Crippen LogP contribution is -2.12. The lowest BCUT2D eigenvalue weighted by atomic mass is 10.4. The fourth-order valence-corrected chi connectivity index (χ4v) is 2.34. The average molecular weight is 222 g/mol. The topological polar surface area (TPSA) is 53.6 Å². The smallest absolute Gasteiger partial charge is 0.0922 e. The third-order valence-corrected chi connectivity index (χ3v) is 3.23. The van der Waals surface area contributed by atoms with Gasteiger partial charge in [-0.15, -0.1) is 11.3 Å². The molecule has 2 N–H and O–H groups in total. The summed E-state index contributed by atoms with van der Waals surface area (Å²) >= 11 is 1.75. The number of thiazole rings is 1. The van der Waals surface area contributed by atoms with E-state index in [1.54, 1.807) is 17.7 Å². The predicted molar refractivity (Wildman–Crippen MR) is 60.7 cm³/mol. The zero-order chi connectivity index (χ0) is 10.7. The minimum Gasteiger partial charge on any atom is -0.347 e. The van der Waals surface area contributed by atoms with Gasteiger partial charge in [0.1, 0.15) is 0 Å². The maximum atomic E-state index is 4.39. The maximum Gasteiger partial charge on any atom is 0.0922 e. The highest BCUT2D eigenvalue weighted by molar-refractivity contribution is 7.11. The Balaban J connectivity index is 1.86. The monoisotopic (exact) mass is 222 g/mol. The number of aryl methyl sites for hydroxylation is 2. The van der Waals surface area contributed by atoms with Crippen LogP contribution < -0.4 is 5.32 Å². The molecule has 0 amide bonds. The van der Waals surface area contributed by atoms with E-state index in [1.165, 1.54) is 4.88 Å². The summed E-state index contributed by atoms with van der Waals surface area (Å²) in [4.78, 5) is 12.7. The minimum atomic E-state index is 0.816. The van der Waals surface area contributed by atoms with Crippen LogP contribution in [0.5, 0.6) is 0 Å². The number of aromatic nitrogens is 3. The zero-order valence-electron chi connectivity index (χ0n) is 8.87. The molecule has 0 aromatic carbocycles. The van der Waals surface area contributed by atoms with Gasteiger partial charge in [0.15, 0.2) is 0 Å². The molecule has 0 atom stereocenters. The molecule has 2 aromatic heterocycles. The first kappa shape index (κ1) is 10.3. The zero-order valence-corrected chi connectivity index (χ0v) is 9.69. The lowest BCUT2D eigenvalue weighted by molar-refractivity contribution is 0.686. The Kier molecular flexibility index (Phi) is 3.13. The van der Waals surface area contributed by atoms with Crippen molar-refractivity contribution < 1.29 is 0 Å². The van der Waals surface area contributed by atoms with E-state index < -0.39 is 0 Å². The summed E-state index contributed by atoms with van der Waals surface area (Å²) in [5.41, 5.74) is 2.24. The highest BCUT2D eigenvalue weighted by Gasteiger charge is 2.03. The van der Waals surface area contributed by atoms with Gasteiger partial charge in [-0.2, -0.15) is 0 Å². The molecule has 15 heavy (non-hydrogen) atoms. The van der Waals surface area contributed by atoms with Gasteiger partial charge in [0, 0.05) is 29.9 Å². The number of rotatable bonds is 4. The molecule has 0 aliphatic heterocycles. The molecule has 2 rings (SSSR count). The van der Waals surface area contributed by atoms with Crippen molar-refractivity contribution in [3.05, 3.63) is 33.8 Å². The highest BCUT2D eigenvalue weighted by atomic mass is 32.1. The average Bonchev–Trinajstić information content (AvgIpc) is 2.77. The van der Waals surface area contributed by atoms with Gasteiger partial charge in [0.05, 0.1) is 17.0 Å². The molecule has 0 radical (unpaired) electrons. The number of hydrogen-bond acceptors (Lipinski definition) is 4. The summed E-state index contributed by atoms with van der Waals surface area (Å²) in [5.74, 6) is 0. The largest absolute Gasteiger partial charge is 0.347 e. The Morgan fingerprint density at radius 2 is 2.27 bits per heavy atom. The first-order chi connectivity index (χ1) is 7.25. The van der Waals surface area contributed by atoms with Crippen LogP contribution in [0.4, 0.5) is 0 Å². The molecule has 80 valence electrons. The quantitative estimate of drug-likeness (QED) is 0.829. The molecular formula is C10H14N4S. The van der Waals surface area contributed by atoms with Gasteiger partial charge in [-0.3, -0.25) is 0 Å². The number of imidazole rings is 1. The number of aromatic amines is 1. The number of nitrogens with one attached hydrogen (secondary N) is 2. The van der Waals surface area contributed by atoms with Gasteiger partial charge in [-0.1, -0.05) is 0 Å². The molecule has 2 heterocycles. The molecule has 0 saturated carbocycles. The van der Waals surface area contributed by atoms with Crippen molar-refractivity contribution in [2.45, 2.75) is 26.9 Å². The highest BCUT2D eigenvalue weighted by Crippen LogP contribution is 2.16. The summed E-state index contributed by atoms with van der Waals surface area (Å²) in [5, 5.41) is 4.49. The molecule has 2 aromatic rings. The van der Waals surface area contributed by atoms with Gasteiger partial charge < -0.3 is 10.3 Å². The summed E-state index contributed by atoms with van der Waals surface area (Å²) < 4.78 is 0. The Hall–Kier alpha value is -1.20. The van der Waals surface area contributed by atoms with Crippen LogP contribution in [0.15, 0.2) is 12.5 Å². The summed E-state index contributed by atoms with van der Waals surface area (Å²) in [6, 6.07) is 0. The van der Waals surface area contributed by atoms with Gasteiger partial charge in [-0.25, -0.2) is 9.97 Å². The van der Waals surface area contributed by atoms with Crippen LogP contribution in [0.25, 0.3) is 0 Å². The van der Waals surface area contributed by atoms with Crippen LogP contribution in [0.1, 0.15) is 21.3 Å². The third-order valence-electron chi connectivity index (χ3n) is 2.16. The van der Waals surface area contributed by atoms with Gasteiger partial charge in [-0.05, 0) is 13.8 Å². The van der Waals surface area contributed by atoms with Crippen LogP contribution >= 0.6 is 11.3 Å². The number of H-pyrrole nitrogens is 1. The summed E-state index contributed by atoms with van der Waals surface area (Å²) in [6.45, 7) is 5.78. The predicted octanol–water partition coefficient (Wildman–Crippen LogP) is 1.77. The van der Waals surface area contributed by atoms with Crippen LogP contribution in [0.2, 0.25) is 0 Å². The summed E-state index contributed by atoms with van der Waals surface area (Å²) in [7, 11) is 0. The fraction of sp³-hybridized carbons (Fsp3) is 0.400. The Labute approximate surface area is 92.8 Å². The Morgan fingerprint density at radius 1 is 1.40 bits per heavy atom. The van der Waals surface area contributed by atoms with E-state index in [2.05, 4.69) is 27.2 Å². The lowest BCUT2D eigenvalue weighted by Gasteiger charge is -2.00. The van der Waals surface area contributed by atoms with E-state index >= 15 is 0 Å². The fourth-order valence-electron chi connectivity index (χ4n) is 1.43. The van der Waals surface area contributed by atoms with E-state index in [1.807, 2.05) is 13.1 Å². The summed E-state index contributed by atoms with van der Waals surface area (Å²) in [6.07, 6.45) is 3.52. The normalized spacial score (nSPS) is 10.8. The number of nitrogens with zero attached hydrogens (tertiary/aromatic N) is 2. The van der Waals surface area contributed by atoms with Crippen molar-refractivity contribution in [1.29, 1.82) is 0 Å². The van der Waals surface area contributed by atoms with Crippen LogP contribution in [0, 0.1) is 13.8 Å². The molecule has 0 aliphatic rings. The first-order valence-electron chi connectivity index (χ1n) is 4.86. The van der Waals surface area contributed by atoms with Crippen molar-refractivity contribution in [1.82, 2.24) is 20.3 Å². The van der Waals surface area contributed by atoms with Crippen molar-refractivity contribution in [3.8, 4) is 0 Å². The molecule has 0 fully saturated rings. The second-order valence-electron chi connectivity index (χ2n) is 3.42. The molecule has 0 unspecified atom stereocenters. The van der Waals surface area contributed by atoms with Crippen molar-refractivity contribution in [2.75, 3.05) is 0 Å². The molecule has 0 saturated heterocycles. The molecule has 0 aliphatic carbocycles. The van der Waals surface area contributed by atoms with Gasteiger partial charge in [0.25, 0.3) is 0 Å². The second kappa shape index (κ2) is 4.55. The molecule has 0 bridgehead atoms. The van der Waals surface area contributed by atoms with Crippen LogP contribution in [0.3, 0.4) is 0 Å². The van der Waals surface area contributed by atoms with Crippen molar-refractivity contribution in [3.63, 3.8) is 0 Å². The van der Waals surface area contributed by atoms with E-state index in [9.17, 15) is 0 Å². The van der Waals surface area contributed by atoms with Crippen LogP contribution in [-0.4, -0.2) is 15.0 Å². The Morgan fingerprint density at radius 3 is 2.87 bits per heavy atom. The van der Waals surface area contributed by atoms with E-state index in [0.717, 1.165) is 29.5 Å². The van der Waals surface area contributed by atoms with E-state index in [0.29, 0.717) is 0 Å². The minimum absolute atomic E-state index is 0.816. The SMILES string of the molecule is Cc1nc(C)c(CNCc2cnc[nH]2)s1. The van der Waals surface area contributed by atoms with E-state index in [4.69, 9.17) is 0 Å². The van der Waals surface area contributed by atoms with Gasteiger partial charge >= 0.3 is 0 Å². The second-order valence-corrected chi connectivity index (χ2v) is 4.71. The van der Waals surface area contributed by atoms with Gasteiger partial charge in [0.2, 0.25) is 0 Å². The molecule has 5 heteroatoms. The molecular weight excluding hydrogens is 208 g/mol.